The maximum atomic E-state index is 11.4. The average Bonchev–Trinajstić information content (AvgIpc) is 2.27. The maximum absolute atomic E-state index is 11.4. The van der Waals surface area contributed by atoms with E-state index in [1.165, 1.54) is 19.0 Å². The summed E-state index contributed by atoms with van der Waals surface area (Å²) >= 11 is 5.23. The summed E-state index contributed by atoms with van der Waals surface area (Å²) in [5.74, 6) is -1.34. The van der Waals surface area contributed by atoms with Gasteiger partial charge in [-0.25, -0.2) is 4.79 Å². The van der Waals surface area contributed by atoms with E-state index in [0.717, 1.165) is 0 Å². The van der Waals surface area contributed by atoms with E-state index in [0.29, 0.717) is 0 Å². The monoisotopic (exact) mass is 249 g/mol. The first-order valence-electron chi connectivity index (χ1n) is 4.74. The van der Waals surface area contributed by atoms with E-state index in [-0.39, 0.29) is 24.2 Å². The van der Waals surface area contributed by atoms with Crippen molar-refractivity contribution >= 4 is 29.4 Å². The van der Waals surface area contributed by atoms with Crippen molar-refractivity contribution < 1.29 is 14.4 Å². The fraction of sp³-hybridized carbons (Fsp3) is 0.667. The molecule has 0 bridgehead atoms. The van der Waals surface area contributed by atoms with Gasteiger partial charge in [-0.05, 0) is 0 Å². The van der Waals surface area contributed by atoms with Crippen molar-refractivity contribution in [3.63, 3.8) is 0 Å². The van der Waals surface area contributed by atoms with Crippen LogP contribution in [0.1, 0.15) is 6.92 Å². The van der Waals surface area contributed by atoms with Crippen molar-refractivity contribution in [3.8, 4) is 0 Å². The summed E-state index contributed by atoms with van der Waals surface area (Å²) in [6, 6.07) is -0.568. The van der Waals surface area contributed by atoms with Gasteiger partial charge in [0.15, 0.2) is 0 Å². The molecule has 0 aromatic heterocycles. The molecule has 0 fully saturated rings. The zero-order valence-electron chi connectivity index (χ0n) is 9.54. The molecule has 0 rings (SSSR count). The lowest BCUT2D eigenvalue weighted by atomic mass is 10.1. The predicted molar refractivity (Wildman–Crippen MR) is 60.1 cm³/mol. The van der Waals surface area contributed by atoms with Crippen LogP contribution in [0.4, 0.5) is 4.79 Å². The van der Waals surface area contributed by atoms with Crippen LogP contribution >= 0.6 is 11.6 Å². The molecule has 0 aromatic carbocycles. The first-order chi connectivity index (χ1) is 7.42. The van der Waals surface area contributed by atoms with E-state index < -0.39 is 11.9 Å². The molecule has 0 spiro atoms. The highest BCUT2D eigenvalue weighted by Gasteiger charge is 2.18. The molecular weight excluding hydrogens is 234 g/mol. The lowest BCUT2D eigenvalue weighted by Crippen LogP contribution is -2.44. The minimum absolute atomic E-state index is 0.164. The molecule has 7 heteroatoms. The van der Waals surface area contributed by atoms with Crippen LogP contribution in [0, 0.1) is 5.92 Å². The van der Waals surface area contributed by atoms with Crippen molar-refractivity contribution in [1.29, 1.82) is 0 Å². The Hall–Kier alpha value is -1.30. The second-order valence-electron chi connectivity index (χ2n) is 3.38. The Balaban J connectivity index is 4.14. The minimum Gasteiger partial charge on any atom is -0.359 e. The van der Waals surface area contributed by atoms with Crippen molar-refractivity contribution in [1.82, 2.24) is 15.5 Å². The number of nitrogens with zero attached hydrogens (tertiary/aromatic N) is 1. The molecule has 16 heavy (non-hydrogen) atoms. The molecule has 2 N–H and O–H groups in total. The summed E-state index contributed by atoms with van der Waals surface area (Å²) < 4.78 is 0. The van der Waals surface area contributed by atoms with Gasteiger partial charge in [0, 0.05) is 20.6 Å². The van der Waals surface area contributed by atoms with Gasteiger partial charge >= 0.3 is 6.03 Å². The SMILES string of the molecule is CNC(=O)C(C)CN(C)C(=O)NC(=O)CCl. The first-order valence-corrected chi connectivity index (χ1v) is 5.28. The normalized spacial score (nSPS) is 11.5. The highest BCUT2D eigenvalue weighted by Crippen LogP contribution is 1.98. The molecule has 0 saturated heterocycles. The van der Waals surface area contributed by atoms with Gasteiger partial charge < -0.3 is 10.2 Å². The molecule has 1 atom stereocenters. The largest absolute Gasteiger partial charge is 0.359 e. The fourth-order valence-electron chi connectivity index (χ4n) is 1.07. The van der Waals surface area contributed by atoms with E-state index in [1.807, 2.05) is 0 Å². The Bertz CT molecular complexity index is 283. The molecule has 0 heterocycles. The first kappa shape index (κ1) is 14.7. The van der Waals surface area contributed by atoms with Gasteiger partial charge in [-0.3, -0.25) is 14.9 Å². The van der Waals surface area contributed by atoms with Crippen LogP contribution in [0.3, 0.4) is 0 Å². The van der Waals surface area contributed by atoms with Gasteiger partial charge in [0.1, 0.15) is 5.88 Å². The molecule has 0 aliphatic carbocycles. The summed E-state index contributed by atoms with van der Waals surface area (Å²) in [4.78, 5) is 34.6. The number of carbonyl (C=O) groups is 3. The molecule has 4 amide bonds. The van der Waals surface area contributed by atoms with Gasteiger partial charge in [0.2, 0.25) is 11.8 Å². The van der Waals surface area contributed by atoms with Crippen molar-refractivity contribution in [2.24, 2.45) is 5.92 Å². The fourth-order valence-corrected chi connectivity index (χ4v) is 1.14. The number of amides is 4. The Kier molecular flexibility index (Phi) is 6.48. The molecule has 1 unspecified atom stereocenters. The summed E-state index contributed by atoms with van der Waals surface area (Å²) in [5, 5.41) is 4.55. The van der Waals surface area contributed by atoms with Crippen LogP contribution in [0.15, 0.2) is 0 Å². The van der Waals surface area contributed by atoms with E-state index >= 15 is 0 Å². The van der Waals surface area contributed by atoms with Crippen LogP contribution in [0.25, 0.3) is 0 Å². The molecule has 0 aliphatic heterocycles. The molecule has 92 valence electrons. The molecular formula is C9H16ClN3O3. The third-order valence-corrected chi connectivity index (χ3v) is 2.20. The van der Waals surface area contributed by atoms with Crippen LogP contribution in [0.5, 0.6) is 0 Å². The maximum Gasteiger partial charge on any atom is 0.323 e. The van der Waals surface area contributed by atoms with Crippen LogP contribution < -0.4 is 10.6 Å². The van der Waals surface area contributed by atoms with Crippen LogP contribution in [-0.4, -0.2) is 49.3 Å². The van der Waals surface area contributed by atoms with Crippen LogP contribution in [-0.2, 0) is 9.59 Å². The Morgan fingerprint density at radius 3 is 2.38 bits per heavy atom. The van der Waals surface area contributed by atoms with Gasteiger partial charge in [-0.1, -0.05) is 6.92 Å². The Morgan fingerprint density at radius 1 is 1.38 bits per heavy atom. The number of carbonyl (C=O) groups excluding carboxylic acids is 3. The quantitative estimate of drug-likeness (QED) is 0.676. The number of urea groups is 1. The highest BCUT2D eigenvalue weighted by molar-refractivity contribution is 6.28. The van der Waals surface area contributed by atoms with Gasteiger partial charge in [-0.15, -0.1) is 11.6 Å². The van der Waals surface area contributed by atoms with Gasteiger partial charge in [0.25, 0.3) is 0 Å². The number of imide groups is 1. The smallest absolute Gasteiger partial charge is 0.323 e. The molecule has 6 nitrogen and oxygen atoms in total. The van der Waals surface area contributed by atoms with Crippen LogP contribution in [0.2, 0.25) is 0 Å². The number of alkyl halides is 1. The average molecular weight is 250 g/mol. The second kappa shape index (κ2) is 7.05. The third-order valence-electron chi connectivity index (χ3n) is 1.96. The Morgan fingerprint density at radius 2 is 1.94 bits per heavy atom. The van der Waals surface area contributed by atoms with E-state index in [1.54, 1.807) is 6.92 Å². The van der Waals surface area contributed by atoms with Crippen molar-refractivity contribution in [2.75, 3.05) is 26.5 Å². The standard InChI is InChI=1S/C9H16ClN3O3/c1-6(8(15)11-2)5-13(3)9(16)12-7(14)4-10/h6H,4-5H2,1-3H3,(H,11,15)(H,12,14,16). The van der Waals surface area contributed by atoms with Gasteiger partial charge in [-0.2, -0.15) is 0 Å². The Labute approximate surface area is 99.3 Å². The zero-order valence-corrected chi connectivity index (χ0v) is 10.3. The summed E-state index contributed by atoms with van der Waals surface area (Å²) in [6.45, 7) is 1.91. The van der Waals surface area contributed by atoms with E-state index in [2.05, 4.69) is 10.6 Å². The zero-order chi connectivity index (χ0) is 12.7. The summed E-state index contributed by atoms with van der Waals surface area (Å²) in [6.07, 6.45) is 0. The predicted octanol–water partition coefficient (Wildman–Crippen LogP) is -0.225. The van der Waals surface area contributed by atoms with Crippen molar-refractivity contribution in [3.05, 3.63) is 0 Å². The van der Waals surface area contributed by atoms with E-state index in [4.69, 9.17) is 11.6 Å². The number of nitrogens with one attached hydrogen (secondary N) is 2. The molecule has 0 aromatic rings. The highest BCUT2D eigenvalue weighted by atomic mass is 35.5. The molecule has 0 saturated carbocycles. The number of hydrogen-bond acceptors (Lipinski definition) is 3. The third kappa shape index (κ3) is 4.97. The lowest BCUT2D eigenvalue weighted by Gasteiger charge is -2.20. The number of halogens is 1. The topological polar surface area (TPSA) is 78.5 Å². The lowest BCUT2D eigenvalue weighted by molar-refractivity contribution is -0.124. The number of rotatable bonds is 4. The minimum atomic E-state index is -0.568. The number of hydrogen-bond donors (Lipinski definition) is 2. The summed E-state index contributed by atoms with van der Waals surface area (Å²) in [7, 11) is 3.02. The van der Waals surface area contributed by atoms with E-state index in [9.17, 15) is 14.4 Å². The molecule has 0 aliphatic rings. The van der Waals surface area contributed by atoms with Gasteiger partial charge in [0.05, 0.1) is 5.92 Å². The van der Waals surface area contributed by atoms with Crippen molar-refractivity contribution in [2.45, 2.75) is 6.92 Å². The molecule has 0 radical (unpaired) electrons. The second-order valence-corrected chi connectivity index (χ2v) is 3.65. The summed E-state index contributed by atoms with van der Waals surface area (Å²) in [5.41, 5.74) is 0.